The molecule has 3 heteroatoms. The molecule has 1 heterocycles. The van der Waals surface area contributed by atoms with Crippen LogP contribution < -0.4 is 10.1 Å². The highest BCUT2D eigenvalue weighted by Crippen LogP contribution is 2.50. The van der Waals surface area contributed by atoms with Gasteiger partial charge in [-0.15, -0.1) is 0 Å². The molecule has 0 saturated heterocycles. The number of anilines is 1. The quantitative estimate of drug-likeness (QED) is 0.814. The van der Waals surface area contributed by atoms with Crippen molar-refractivity contribution in [2.75, 3.05) is 12.4 Å². The number of ether oxygens (including phenoxy) is 1. The highest BCUT2D eigenvalue weighted by molar-refractivity contribution is 5.60. The summed E-state index contributed by atoms with van der Waals surface area (Å²) in [4.78, 5) is 0. The zero-order valence-electron chi connectivity index (χ0n) is 12.4. The Morgan fingerprint density at radius 3 is 2.91 bits per heavy atom. The third-order valence-electron chi connectivity index (χ3n) is 4.80. The van der Waals surface area contributed by atoms with Crippen LogP contribution in [0, 0.1) is 11.7 Å². The van der Waals surface area contributed by atoms with Crippen molar-refractivity contribution in [3.8, 4) is 5.75 Å². The molecule has 112 valence electrons. The van der Waals surface area contributed by atoms with Crippen LogP contribution in [0.3, 0.4) is 0 Å². The zero-order chi connectivity index (χ0) is 15.1. The van der Waals surface area contributed by atoms with Crippen LogP contribution in [0.2, 0.25) is 0 Å². The van der Waals surface area contributed by atoms with Crippen LogP contribution >= 0.6 is 0 Å². The molecular weight excluding hydrogens is 277 g/mol. The molecule has 1 aliphatic heterocycles. The Kier molecular flexibility index (Phi) is 3.14. The van der Waals surface area contributed by atoms with E-state index in [1.165, 1.54) is 6.07 Å². The molecule has 0 bridgehead atoms. The first-order valence-corrected chi connectivity index (χ1v) is 7.63. The first kappa shape index (κ1) is 13.4. The Bertz CT molecular complexity index is 740. The maximum atomic E-state index is 14.3. The van der Waals surface area contributed by atoms with Crippen LogP contribution in [0.4, 0.5) is 10.1 Å². The van der Waals surface area contributed by atoms with Gasteiger partial charge < -0.3 is 10.1 Å². The molecule has 1 N–H and O–H groups in total. The minimum absolute atomic E-state index is 0.0968. The van der Waals surface area contributed by atoms with Gasteiger partial charge in [-0.2, -0.15) is 0 Å². The van der Waals surface area contributed by atoms with E-state index < -0.39 is 0 Å². The fraction of sp³-hybridized carbons (Fsp3) is 0.263. The molecule has 0 amide bonds. The summed E-state index contributed by atoms with van der Waals surface area (Å²) in [6, 6.07) is 13.5. The van der Waals surface area contributed by atoms with Gasteiger partial charge in [0.2, 0.25) is 0 Å². The van der Waals surface area contributed by atoms with E-state index in [0.29, 0.717) is 11.6 Å². The molecule has 1 aliphatic carbocycles. The second-order valence-corrected chi connectivity index (χ2v) is 5.96. The summed E-state index contributed by atoms with van der Waals surface area (Å²) in [5, 5.41) is 3.43. The number of hydrogen-bond acceptors (Lipinski definition) is 2. The molecular formula is C19H18FNO. The van der Waals surface area contributed by atoms with Gasteiger partial charge in [0.1, 0.15) is 11.6 Å². The Hall–Kier alpha value is -2.29. The number of methoxy groups -OCH3 is 1. The van der Waals surface area contributed by atoms with Crippen molar-refractivity contribution in [2.45, 2.75) is 18.4 Å². The Morgan fingerprint density at radius 2 is 2.05 bits per heavy atom. The topological polar surface area (TPSA) is 21.3 Å². The van der Waals surface area contributed by atoms with Gasteiger partial charge in [-0.3, -0.25) is 0 Å². The molecule has 2 aromatic carbocycles. The number of rotatable bonds is 2. The van der Waals surface area contributed by atoms with E-state index in [4.69, 9.17) is 4.74 Å². The van der Waals surface area contributed by atoms with Gasteiger partial charge in [0.25, 0.3) is 0 Å². The summed E-state index contributed by atoms with van der Waals surface area (Å²) in [7, 11) is 1.67. The summed E-state index contributed by atoms with van der Waals surface area (Å²) in [6.45, 7) is 0. The smallest absolute Gasteiger partial charge is 0.146 e. The number of hydrogen-bond donors (Lipinski definition) is 1. The van der Waals surface area contributed by atoms with E-state index in [1.807, 2.05) is 24.3 Å². The normalized spacial score (nSPS) is 25.3. The van der Waals surface area contributed by atoms with E-state index in [-0.39, 0.29) is 17.8 Å². The Morgan fingerprint density at radius 1 is 1.18 bits per heavy atom. The highest BCUT2D eigenvalue weighted by Gasteiger charge is 2.38. The first-order chi connectivity index (χ1) is 10.8. The fourth-order valence-electron chi connectivity index (χ4n) is 3.75. The molecule has 2 aliphatic rings. The number of nitrogens with one attached hydrogen (secondary N) is 1. The fourth-order valence-corrected chi connectivity index (χ4v) is 3.75. The third kappa shape index (κ3) is 2.00. The predicted molar refractivity (Wildman–Crippen MR) is 85.7 cm³/mol. The van der Waals surface area contributed by atoms with Gasteiger partial charge in [0.05, 0.1) is 18.8 Å². The van der Waals surface area contributed by atoms with Gasteiger partial charge >= 0.3 is 0 Å². The lowest BCUT2D eigenvalue weighted by molar-refractivity contribution is 0.405. The van der Waals surface area contributed by atoms with E-state index in [9.17, 15) is 4.39 Å². The van der Waals surface area contributed by atoms with E-state index in [1.54, 1.807) is 13.2 Å². The van der Waals surface area contributed by atoms with Crippen LogP contribution in [0.15, 0.2) is 54.6 Å². The molecule has 0 spiro atoms. The molecule has 0 unspecified atom stereocenters. The summed E-state index contributed by atoms with van der Waals surface area (Å²) in [6.07, 6.45) is 5.44. The van der Waals surface area contributed by atoms with Crippen molar-refractivity contribution in [1.29, 1.82) is 0 Å². The summed E-state index contributed by atoms with van der Waals surface area (Å²) in [5.74, 6) is 1.36. The summed E-state index contributed by atoms with van der Waals surface area (Å²) >= 11 is 0. The van der Waals surface area contributed by atoms with Crippen LogP contribution in [-0.4, -0.2) is 7.11 Å². The molecule has 0 fully saturated rings. The number of allylic oxidation sites excluding steroid dienone is 2. The lowest BCUT2D eigenvalue weighted by Gasteiger charge is -2.37. The van der Waals surface area contributed by atoms with Gasteiger partial charge in [-0.1, -0.05) is 36.4 Å². The maximum Gasteiger partial charge on any atom is 0.146 e. The van der Waals surface area contributed by atoms with Crippen molar-refractivity contribution >= 4 is 5.69 Å². The van der Waals surface area contributed by atoms with Crippen molar-refractivity contribution < 1.29 is 9.13 Å². The van der Waals surface area contributed by atoms with E-state index in [2.05, 4.69) is 23.5 Å². The second-order valence-electron chi connectivity index (χ2n) is 5.96. The summed E-state index contributed by atoms with van der Waals surface area (Å²) in [5.41, 5.74) is 2.85. The molecule has 4 rings (SSSR count). The molecule has 0 saturated carbocycles. The van der Waals surface area contributed by atoms with Gasteiger partial charge in [0, 0.05) is 5.92 Å². The molecule has 2 nitrogen and oxygen atoms in total. The minimum Gasteiger partial charge on any atom is -0.497 e. The highest BCUT2D eigenvalue weighted by atomic mass is 19.1. The van der Waals surface area contributed by atoms with Crippen LogP contribution in [0.5, 0.6) is 5.75 Å². The van der Waals surface area contributed by atoms with Crippen molar-refractivity contribution in [2.24, 2.45) is 5.92 Å². The molecule has 3 atom stereocenters. The van der Waals surface area contributed by atoms with Crippen LogP contribution in [0.1, 0.15) is 29.5 Å². The lowest BCUT2D eigenvalue weighted by Crippen LogP contribution is -2.29. The molecule has 2 aromatic rings. The third-order valence-corrected chi connectivity index (χ3v) is 4.80. The standard InChI is InChI=1S/C19H18FNO/c1-22-13-6-2-5-12(11-13)18-15-8-3-7-14(15)16-9-4-10-17(20)19(16)21-18/h2-7,9-11,14-15,18,21H,8H2,1H3/t14-,15-,18-/m0/s1. The van der Waals surface area contributed by atoms with Crippen molar-refractivity contribution in [3.05, 3.63) is 71.6 Å². The van der Waals surface area contributed by atoms with Crippen LogP contribution in [0.25, 0.3) is 0 Å². The number of halogens is 1. The minimum atomic E-state index is -0.177. The Balaban J connectivity index is 1.80. The number of para-hydroxylation sites is 1. The van der Waals surface area contributed by atoms with Crippen LogP contribution in [-0.2, 0) is 0 Å². The molecule has 22 heavy (non-hydrogen) atoms. The average molecular weight is 295 g/mol. The monoisotopic (exact) mass is 295 g/mol. The molecule has 0 radical (unpaired) electrons. The SMILES string of the molecule is COc1cccc([C@@H]2Nc3c(F)cccc3[C@H]3C=CC[C@@H]32)c1. The predicted octanol–water partition coefficient (Wildman–Crippen LogP) is 4.66. The second kappa shape index (κ2) is 5.16. The Labute approximate surface area is 129 Å². The average Bonchev–Trinajstić information content (AvgIpc) is 3.04. The van der Waals surface area contributed by atoms with E-state index >= 15 is 0 Å². The first-order valence-electron chi connectivity index (χ1n) is 7.63. The largest absolute Gasteiger partial charge is 0.497 e. The number of benzene rings is 2. The van der Waals surface area contributed by atoms with Crippen molar-refractivity contribution in [3.63, 3.8) is 0 Å². The summed E-state index contributed by atoms with van der Waals surface area (Å²) < 4.78 is 19.6. The van der Waals surface area contributed by atoms with Crippen molar-refractivity contribution in [1.82, 2.24) is 0 Å². The van der Waals surface area contributed by atoms with Gasteiger partial charge in [-0.05, 0) is 41.7 Å². The molecule has 0 aromatic heterocycles. The van der Waals surface area contributed by atoms with E-state index in [0.717, 1.165) is 23.3 Å². The zero-order valence-corrected chi connectivity index (χ0v) is 12.4. The van der Waals surface area contributed by atoms with Gasteiger partial charge in [-0.25, -0.2) is 4.39 Å². The lowest BCUT2D eigenvalue weighted by atomic mass is 9.77. The van der Waals surface area contributed by atoms with Gasteiger partial charge in [0.15, 0.2) is 0 Å². The maximum absolute atomic E-state index is 14.3. The number of fused-ring (bicyclic) bond motifs is 3.